The van der Waals surface area contributed by atoms with Gasteiger partial charge in [-0.15, -0.1) is 11.8 Å². The van der Waals surface area contributed by atoms with Gasteiger partial charge in [0.1, 0.15) is 6.61 Å². The second-order valence-corrected chi connectivity index (χ2v) is 5.80. The lowest BCUT2D eigenvalue weighted by Gasteiger charge is -2.28. The van der Waals surface area contributed by atoms with Crippen LogP contribution in [0.4, 0.5) is 0 Å². The van der Waals surface area contributed by atoms with Crippen molar-refractivity contribution < 1.29 is 9.53 Å². The van der Waals surface area contributed by atoms with Gasteiger partial charge in [0.15, 0.2) is 0 Å². The average Bonchev–Trinajstić information content (AvgIpc) is 2.61. The van der Waals surface area contributed by atoms with Crippen LogP contribution in [-0.4, -0.2) is 23.8 Å². The second-order valence-electron chi connectivity index (χ2n) is 4.99. The Labute approximate surface area is 144 Å². The molecule has 2 rings (SSSR count). The lowest BCUT2D eigenvalue weighted by Crippen LogP contribution is -2.28. The number of pyridine rings is 1. The van der Waals surface area contributed by atoms with Gasteiger partial charge in [-0.05, 0) is 24.8 Å². The van der Waals surface area contributed by atoms with E-state index in [4.69, 9.17) is 10.00 Å². The number of carbonyl (C=O) groups excluding carboxylic acids is 1. The molecule has 0 unspecified atom stereocenters. The second kappa shape index (κ2) is 8.19. The normalized spacial score (nSPS) is 16.9. The fourth-order valence-electron chi connectivity index (χ4n) is 2.49. The third-order valence-corrected chi connectivity index (χ3v) is 4.27. The molecule has 0 saturated carbocycles. The zero-order valence-corrected chi connectivity index (χ0v) is 14.2. The minimum atomic E-state index is -0.540. The van der Waals surface area contributed by atoms with Crippen LogP contribution < -0.4 is 5.32 Å². The van der Waals surface area contributed by atoms with Gasteiger partial charge in [-0.2, -0.15) is 10.5 Å². The number of dihydropyridines is 1. The number of hydrogen-bond acceptors (Lipinski definition) is 7. The third-order valence-electron chi connectivity index (χ3n) is 3.54. The van der Waals surface area contributed by atoms with E-state index in [0.29, 0.717) is 21.9 Å². The monoisotopic (exact) mass is 340 g/mol. The number of thioether (sulfide) groups is 1. The number of allylic oxidation sites excluding steroid dienone is 2. The highest BCUT2D eigenvalue weighted by Crippen LogP contribution is 2.40. The molecule has 122 valence electrons. The summed E-state index contributed by atoms with van der Waals surface area (Å²) in [7, 11) is 0. The van der Waals surface area contributed by atoms with Crippen LogP contribution in [-0.2, 0) is 9.53 Å². The van der Waals surface area contributed by atoms with Crippen LogP contribution in [0.25, 0.3) is 0 Å². The Hall–Kier alpha value is -2.77. The van der Waals surface area contributed by atoms with Crippen molar-refractivity contribution in [2.75, 3.05) is 12.9 Å². The third kappa shape index (κ3) is 3.58. The molecule has 7 heteroatoms. The maximum atomic E-state index is 12.5. The molecule has 1 N–H and O–H groups in total. The Balaban J connectivity index is 2.49. The van der Waals surface area contributed by atoms with Crippen LogP contribution in [0.3, 0.4) is 0 Å². The lowest BCUT2D eigenvalue weighted by atomic mass is 9.83. The molecular weight excluding hydrogens is 324 g/mol. The first-order valence-electron chi connectivity index (χ1n) is 7.24. The molecule has 0 fully saturated rings. The summed E-state index contributed by atoms with van der Waals surface area (Å²) in [5.41, 5.74) is 2.20. The number of nitriles is 2. The number of ether oxygens (including phenoxy) is 1. The van der Waals surface area contributed by atoms with Crippen LogP contribution in [0.2, 0.25) is 0 Å². The van der Waals surface area contributed by atoms with Gasteiger partial charge in [0.25, 0.3) is 0 Å². The molecular formula is C17H16N4O2S. The van der Waals surface area contributed by atoms with Gasteiger partial charge in [-0.25, -0.2) is 4.79 Å². The minimum Gasteiger partial charge on any atom is -0.461 e. The summed E-state index contributed by atoms with van der Waals surface area (Å²) in [4.78, 5) is 16.6. The van der Waals surface area contributed by atoms with Gasteiger partial charge in [0, 0.05) is 18.1 Å². The first-order valence-corrected chi connectivity index (χ1v) is 8.46. The number of hydrogen-bond donors (Lipinski definition) is 1. The molecule has 0 radical (unpaired) electrons. The summed E-state index contributed by atoms with van der Waals surface area (Å²) in [5, 5.41) is 22.0. The van der Waals surface area contributed by atoms with Gasteiger partial charge in [-0.3, -0.25) is 4.98 Å². The zero-order valence-electron chi connectivity index (χ0n) is 13.4. The average molecular weight is 340 g/mol. The molecule has 1 aromatic rings. The summed E-state index contributed by atoms with van der Waals surface area (Å²) in [6.07, 6.45) is 5.27. The van der Waals surface area contributed by atoms with E-state index >= 15 is 0 Å². The number of rotatable bonds is 5. The van der Waals surface area contributed by atoms with E-state index in [9.17, 15) is 10.1 Å². The Morgan fingerprint density at radius 3 is 2.88 bits per heavy atom. The summed E-state index contributed by atoms with van der Waals surface area (Å²) >= 11 is 1.41. The van der Waals surface area contributed by atoms with Gasteiger partial charge in [0.2, 0.25) is 0 Å². The number of nitrogens with one attached hydrogen (secondary N) is 1. The minimum absolute atomic E-state index is 0.0207. The summed E-state index contributed by atoms with van der Waals surface area (Å²) < 4.78 is 5.19. The zero-order chi connectivity index (χ0) is 17.5. The largest absolute Gasteiger partial charge is 0.461 e. The fourth-order valence-corrected chi connectivity index (χ4v) is 3.13. The molecule has 2 heterocycles. The molecule has 1 aromatic heterocycles. The van der Waals surface area contributed by atoms with Crippen molar-refractivity contribution >= 4 is 17.7 Å². The van der Waals surface area contributed by atoms with Crippen molar-refractivity contribution in [3.63, 3.8) is 0 Å². The number of esters is 1. The van der Waals surface area contributed by atoms with E-state index in [1.54, 1.807) is 25.4 Å². The summed E-state index contributed by atoms with van der Waals surface area (Å²) in [6, 6.07) is 7.72. The van der Waals surface area contributed by atoms with E-state index in [1.807, 2.05) is 18.4 Å². The quantitative estimate of drug-likeness (QED) is 0.649. The smallest absolute Gasteiger partial charge is 0.336 e. The van der Waals surface area contributed by atoms with Crippen LogP contribution in [0.1, 0.15) is 24.8 Å². The number of aromatic nitrogens is 1. The van der Waals surface area contributed by atoms with Crippen LogP contribution >= 0.6 is 11.8 Å². The van der Waals surface area contributed by atoms with Gasteiger partial charge in [0.05, 0.1) is 40.7 Å². The van der Waals surface area contributed by atoms with E-state index in [1.165, 1.54) is 11.8 Å². The topological polar surface area (TPSA) is 98.8 Å². The van der Waals surface area contributed by atoms with E-state index in [2.05, 4.69) is 16.4 Å². The Morgan fingerprint density at radius 1 is 1.50 bits per heavy atom. The maximum Gasteiger partial charge on any atom is 0.336 e. The molecule has 0 aliphatic carbocycles. The Bertz CT molecular complexity index is 772. The van der Waals surface area contributed by atoms with Crippen LogP contribution in [0, 0.1) is 22.7 Å². The van der Waals surface area contributed by atoms with Crippen molar-refractivity contribution in [1.82, 2.24) is 10.3 Å². The first kappa shape index (κ1) is 17.6. The predicted octanol–water partition coefficient (Wildman–Crippen LogP) is 2.60. The van der Waals surface area contributed by atoms with E-state index in [-0.39, 0.29) is 13.0 Å². The van der Waals surface area contributed by atoms with Crippen LogP contribution in [0.5, 0.6) is 0 Å². The Morgan fingerprint density at radius 2 is 2.29 bits per heavy atom. The molecule has 0 bridgehead atoms. The molecule has 0 amide bonds. The highest BCUT2D eigenvalue weighted by Gasteiger charge is 2.35. The molecule has 1 aliphatic rings. The highest BCUT2D eigenvalue weighted by atomic mass is 32.2. The van der Waals surface area contributed by atoms with E-state index < -0.39 is 11.9 Å². The van der Waals surface area contributed by atoms with Crippen molar-refractivity contribution in [1.29, 1.82) is 10.5 Å². The van der Waals surface area contributed by atoms with Gasteiger partial charge < -0.3 is 10.1 Å². The molecule has 24 heavy (non-hydrogen) atoms. The molecule has 0 aromatic carbocycles. The van der Waals surface area contributed by atoms with Gasteiger partial charge in [-0.1, -0.05) is 6.07 Å². The molecule has 0 spiro atoms. The van der Waals surface area contributed by atoms with Gasteiger partial charge >= 0.3 is 5.97 Å². The predicted molar refractivity (Wildman–Crippen MR) is 90.2 cm³/mol. The van der Waals surface area contributed by atoms with Crippen LogP contribution in [0.15, 0.2) is 46.4 Å². The first-order chi connectivity index (χ1) is 11.6. The Kier molecular flexibility index (Phi) is 6.00. The maximum absolute atomic E-state index is 12.5. The lowest BCUT2D eigenvalue weighted by molar-refractivity contribution is -0.139. The van der Waals surface area contributed by atoms with Crippen molar-refractivity contribution in [3.8, 4) is 12.1 Å². The number of nitrogens with zero attached hydrogens (tertiary/aromatic N) is 3. The summed E-state index contributed by atoms with van der Waals surface area (Å²) in [6.45, 7) is 1.79. The van der Waals surface area contributed by atoms with Crippen molar-refractivity contribution in [3.05, 3.63) is 52.0 Å². The van der Waals surface area contributed by atoms with E-state index in [0.717, 1.165) is 5.56 Å². The highest BCUT2D eigenvalue weighted by molar-refractivity contribution is 8.02. The molecule has 1 aliphatic heterocycles. The molecule has 0 saturated heterocycles. The SMILES string of the molecule is CSC1=C(C#N)[C@@H](c2cccnc2)C(C(=O)OCCC#N)=C(C)N1. The molecule has 1 atom stereocenters. The summed E-state index contributed by atoms with van der Waals surface area (Å²) in [5.74, 6) is -1.07. The number of carbonyl (C=O) groups is 1. The van der Waals surface area contributed by atoms with Crippen molar-refractivity contribution in [2.45, 2.75) is 19.3 Å². The van der Waals surface area contributed by atoms with Crippen molar-refractivity contribution in [2.24, 2.45) is 0 Å². The fraction of sp³-hybridized carbons (Fsp3) is 0.294. The molecule has 6 nitrogen and oxygen atoms in total. The standard InChI is InChI=1S/C17H16N4O2S/c1-11-14(17(22)23-8-4-6-18)15(12-5-3-7-20-10-12)13(9-19)16(21-11)24-2/h3,5,7,10,15,21H,4,8H2,1-2H3/t15-/m1/s1.